The molecule has 1 N–H and O–H groups in total. The Labute approximate surface area is 175 Å². The molecule has 3 heterocycles. The zero-order valence-corrected chi connectivity index (χ0v) is 16.8. The van der Waals surface area contributed by atoms with Gasteiger partial charge in [0.25, 0.3) is 5.90 Å². The number of aromatic nitrogens is 1. The SMILES string of the molecule is Cc1ccc(N=C2O/C(=C/c3sc(=S)n(Cc4ccco4)c3O)N=C2C#N)cc1. The second kappa shape index (κ2) is 7.87. The van der Waals surface area contributed by atoms with Crippen LogP contribution in [0.15, 0.2) is 62.9 Å². The number of ether oxygens (including phenoxy) is 1. The van der Waals surface area contributed by atoms with Gasteiger partial charge in [-0.2, -0.15) is 10.3 Å². The Bertz CT molecular complexity index is 1240. The Morgan fingerprint density at radius 3 is 2.83 bits per heavy atom. The minimum atomic E-state index is -0.0230. The maximum Gasteiger partial charge on any atom is 0.258 e. The van der Waals surface area contributed by atoms with Crippen LogP contribution in [-0.4, -0.2) is 21.3 Å². The summed E-state index contributed by atoms with van der Waals surface area (Å²) in [7, 11) is 0. The van der Waals surface area contributed by atoms with Crippen molar-refractivity contribution >= 4 is 46.9 Å². The van der Waals surface area contributed by atoms with Gasteiger partial charge in [0.15, 0.2) is 3.95 Å². The Balaban J connectivity index is 1.62. The monoisotopic (exact) mass is 422 g/mol. The summed E-state index contributed by atoms with van der Waals surface area (Å²) in [6, 6.07) is 13.0. The molecular weight excluding hydrogens is 408 g/mol. The fraction of sp³-hybridized carbons (Fsp3) is 0.100. The average Bonchev–Trinajstić information content (AvgIpc) is 3.41. The van der Waals surface area contributed by atoms with E-state index in [9.17, 15) is 10.4 Å². The highest BCUT2D eigenvalue weighted by Crippen LogP contribution is 2.31. The molecule has 3 aromatic rings. The lowest BCUT2D eigenvalue weighted by Gasteiger charge is -2.02. The molecule has 0 unspecified atom stereocenters. The molecule has 4 rings (SSSR count). The summed E-state index contributed by atoms with van der Waals surface area (Å²) in [6.45, 7) is 2.29. The normalized spacial score (nSPS) is 16.1. The Kier molecular flexibility index (Phi) is 5.12. The van der Waals surface area contributed by atoms with Crippen molar-refractivity contribution in [2.75, 3.05) is 0 Å². The third-order valence-electron chi connectivity index (χ3n) is 4.04. The zero-order valence-electron chi connectivity index (χ0n) is 15.2. The number of thiazole rings is 1. The maximum absolute atomic E-state index is 10.5. The van der Waals surface area contributed by atoms with Crippen LogP contribution in [-0.2, 0) is 11.3 Å². The fourth-order valence-corrected chi connectivity index (χ4v) is 3.82. The van der Waals surface area contributed by atoms with Crippen molar-refractivity contribution in [1.29, 1.82) is 5.26 Å². The molecule has 1 aromatic carbocycles. The van der Waals surface area contributed by atoms with Crippen LogP contribution in [0, 0.1) is 22.2 Å². The number of aryl methyl sites for hydroxylation is 1. The summed E-state index contributed by atoms with van der Waals surface area (Å²) >= 11 is 6.54. The van der Waals surface area contributed by atoms with E-state index in [2.05, 4.69) is 9.98 Å². The standard InChI is InChI=1S/C20H14N4O3S2/c1-12-4-6-13(7-5-12)22-18-15(10-21)23-17(27-18)9-16-19(25)24(20(28)29-16)11-14-3-2-8-26-14/h2-9,25H,11H2,1H3/b17-9+,22-18?. The van der Waals surface area contributed by atoms with Crippen molar-refractivity contribution in [2.24, 2.45) is 9.98 Å². The first-order chi connectivity index (χ1) is 14.0. The quantitative estimate of drug-likeness (QED) is 0.600. The van der Waals surface area contributed by atoms with Gasteiger partial charge in [0.2, 0.25) is 17.5 Å². The first-order valence-electron chi connectivity index (χ1n) is 8.52. The van der Waals surface area contributed by atoms with Gasteiger partial charge < -0.3 is 14.3 Å². The predicted octanol–water partition coefficient (Wildman–Crippen LogP) is 4.96. The van der Waals surface area contributed by atoms with Crippen LogP contribution in [0.5, 0.6) is 5.88 Å². The van der Waals surface area contributed by atoms with E-state index in [1.165, 1.54) is 17.4 Å². The minimum absolute atomic E-state index is 0.0230. The fourth-order valence-electron chi connectivity index (χ4n) is 2.59. The van der Waals surface area contributed by atoms with Gasteiger partial charge in [-0.05, 0) is 43.4 Å². The molecule has 1 aliphatic heterocycles. The van der Waals surface area contributed by atoms with Crippen LogP contribution >= 0.6 is 23.6 Å². The summed E-state index contributed by atoms with van der Waals surface area (Å²) in [6.07, 6.45) is 3.09. The van der Waals surface area contributed by atoms with Crippen molar-refractivity contribution in [1.82, 2.24) is 4.57 Å². The molecule has 1 aliphatic rings. The second-order valence-electron chi connectivity index (χ2n) is 6.13. The highest BCUT2D eigenvalue weighted by atomic mass is 32.1. The molecule has 9 heteroatoms. The topological polar surface area (TPSA) is 96.0 Å². The van der Waals surface area contributed by atoms with Gasteiger partial charge in [-0.3, -0.25) is 4.57 Å². The summed E-state index contributed by atoms with van der Waals surface area (Å²) in [5.74, 6) is 0.915. The third-order valence-corrected chi connectivity index (χ3v) is 5.42. The van der Waals surface area contributed by atoms with Crippen LogP contribution < -0.4 is 0 Å². The minimum Gasteiger partial charge on any atom is -0.493 e. The Morgan fingerprint density at radius 2 is 2.14 bits per heavy atom. The van der Waals surface area contributed by atoms with Crippen LogP contribution in [0.3, 0.4) is 0 Å². The molecule has 0 amide bonds. The van der Waals surface area contributed by atoms with E-state index in [0.717, 1.165) is 5.56 Å². The third kappa shape index (κ3) is 4.03. The Morgan fingerprint density at radius 1 is 1.34 bits per heavy atom. The summed E-state index contributed by atoms with van der Waals surface area (Å²) in [4.78, 5) is 8.96. The smallest absolute Gasteiger partial charge is 0.258 e. The molecule has 0 fully saturated rings. The van der Waals surface area contributed by atoms with E-state index in [0.29, 0.717) is 26.8 Å². The van der Waals surface area contributed by atoms with Crippen molar-refractivity contribution in [3.63, 3.8) is 0 Å². The average molecular weight is 422 g/mol. The van der Waals surface area contributed by atoms with E-state index < -0.39 is 0 Å². The van der Waals surface area contributed by atoms with E-state index in [1.807, 2.05) is 37.3 Å². The number of furan rings is 1. The van der Waals surface area contributed by atoms with Gasteiger partial charge in [-0.15, -0.1) is 11.3 Å². The molecule has 0 spiro atoms. The molecular formula is C20H14N4O3S2. The van der Waals surface area contributed by atoms with Crippen LogP contribution in [0.1, 0.15) is 16.2 Å². The number of hydrogen-bond donors (Lipinski definition) is 1. The van der Waals surface area contributed by atoms with Crippen molar-refractivity contribution in [3.8, 4) is 11.9 Å². The largest absolute Gasteiger partial charge is 0.493 e. The molecule has 144 valence electrons. The van der Waals surface area contributed by atoms with E-state index in [1.54, 1.807) is 23.0 Å². The highest BCUT2D eigenvalue weighted by molar-refractivity contribution is 7.73. The maximum atomic E-state index is 10.5. The highest BCUT2D eigenvalue weighted by Gasteiger charge is 2.23. The van der Waals surface area contributed by atoms with E-state index in [4.69, 9.17) is 21.4 Å². The lowest BCUT2D eigenvalue weighted by Crippen LogP contribution is -2.07. The van der Waals surface area contributed by atoms with Crippen molar-refractivity contribution in [3.05, 3.63) is 68.7 Å². The van der Waals surface area contributed by atoms with Crippen LogP contribution in [0.2, 0.25) is 0 Å². The Hall–Kier alpha value is -3.48. The number of aromatic hydroxyl groups is 1. The van der Waals surface area contributed by atoms with E-state index in [-0.39, 0.29) is 23.4 Å². The molecule has 2 aromatic heterocycles. The molecule has 7 nitrogen and oxygen atoms in total. The molecule has 0 atom stereocenters. The number of benzene rings is 1. The van der Waals surface area contributed by atoms with E-state index >= 15 is 0 Å². The summed E-state index contributed by atoms with van der Waals surface area (Å²) in [5, 5.41) is 19.9. The summed E-state index contributed by atoms with van der Waals surface area (Å²) in [5.41, 5.74) is 1.82. The summed E-state index contributed by atoms with van der Waals surface area (Å²) < 4.78 is 13.0. The lowest BCUT2D eigenvalue weighted by atomic mass is 10.2. The van der Waals surface area contributed by atoms with Gasteiger partial charge >= 0.3 is 0 Å². The number of aliphatic imine (C=N–C) groups is 2. The molecule has 0 aliphatic carbocycles. The molecule has 0 radical (unpaired) electrons. The molecule has 29 heavy (non-hydrogen) atoms. The lowest BCUT2D eigenvalue weighted by molar-refractivity contribution is 0.405. The first kappa shape index (κ1) is 18.9. The molecule has 0 saturated carbocycles. The number of nitriles is 1. The van der Waals surface area contributed by atoms with Crippen LogP contribution in [0.25, 0.3) is 6.08 Å². The molecule has 0 saturated heterocycles. The molecule has 0 bridgehead atoms. The van der Waals surface area contributed by atoms with Crippen molar-refractivity contribution < 1.29 is 14.3 Å². The van der Waals surface area contributed by atoms with Gasteiger partial charge in [0.05, 0.1) is 23.4 Å². The van der Waals surface area contributed by atoms with Gasteiger partial charge in [0, 0.05) is 6.08 Å². The first-order valence-corrected chi connectivity index (χ1v) is 9.75. The van der Waals surface area contributed by atoms with Crippen molar-refractivity contribution in [2.45, 2.75) is 13.5 Å². The van der Waals surface area contributed by atoms with Gasteiger partial charge in [0.1, 0.15) is 11.8 Å². The van der Waals surface area contributed by atoms with Gasteiger partial charge in [-0.1, -0.05) is 17.7 Å². The number of nitrogens with zero attached hydrogens (tertiary/aromatic N) is 4. The predicted molar refractivity (Wildman–Crippen MR) is 113 cm³/mol. The number of hydrogen-bond acceptors (Lipinski definition) is 8. The second-order valence-corrected chi connectivity index (χ2v) is 7.81. The van der Waals surface area contributed by atoms with Crippen LogP contribution in [0.4, 0.5) is 5.69 Å². The van der Waals surface area contributed by atoms with Gasteiger partial charge in [-0.25, -0.2) is 4.99 Å². The number of rotatable bonds is 4. The zero-order chi connectivity index (χ0) is 20.4.